The van der Waals surface area contributed by atoms with E-state index in [2.05, 4.69) is 15.0 Å². The summed E-state index contributed by atoms with van der Waals surface area (Å²) >= 11 is 0. The van der Waals surface area contributed by atoms with E-state index in [1.54, 1.807) is 24.4 Å². The molecule has 0 saturated carbocycles. The van der Waals surface area contributed by atoms with E-state index in [4.69, 9.17) is 4.74 Å². The highest BCUT2D eigenvalue weighted by atomic mass is 32.2. The molecule has 3 rings (SSSR count). The SMILES string of the molecule is COc1ccc(S(=O)(=O)Nc2cccc3cccnc23)cc1NC(C)=O. The van der Waals surface area contributed by atoms with E-state index >= 15 is 0 Å². The van der Waals surface area contributed by atoms with E-state index in [1.165, 1.54) is 32.2 Å². The number of ether oxygens (including phenoxy) is 1. The van der Waals surface area contributed by atoms with Gasteiger partial charge in [-0.15, -0.1) is 0 Å². The Bertz CT molecular complexity index is 1080. The number of carbonyl (C=O) groups excluding carboxylic acids is 1. The first-order valence-electron chi connectivity index (χ1n) is 7.73. The Balaban J connectivity index is 2.01. The normalized spacial score (nSPS) is 11.2. The fourth-order valence-electron chi connectivity index (χ4n) is 2.53. The lowest BCUT2D eigenvalue weighted by Crippen LogP contribution is -2.14. The molecule has 1 amide bonds. The number of para-hydroxylation sites is 1. The first-order valence-corrected chi connectivity index (χ1v) is 9.21. The number of nitrogens with one attached hydrogen (secondary N) is 2. The minimum atomic E-state index is -3.88. The van der Waals surface area contributed by atoms with Crippen LogP contribution in [0, 0.1) is 0 Å². The van der Waals surface area contributed by atoms with Crippen LogP contribution in [0.2, 0.25) is 0 Å². The van der Waals surface area contributed by atoms with Crippen molar-refractivity contribution in [3.8, 4) is 5.75 Å². The molecule has 0 aliphatic carbocycles. The van der Waals surface area contributed by atoms with Gasteiger partial charge >= 0.3 is 0 Å². The van der Waals surface area contributed by atoms with Crippen LogP contribution in [0.3, 0.4) is 0 Å². The summed E-state index contributed by atoms with van der Waals surface area (Å²) in [5, 5.41) is 3.38. The summed E-state index contributed by atoms with van der Waals surface area (Å²) in [5.41, 5.74) is 1.20. The molecule has 0 fully saturated rings. The number of nitrogens with zero attached hydrogens (tertiary/aromatic N) is 1. The fourth-order valence-corrected chi connectivity index (χ4v) is 3.62. The Morgan fingerprint density at radius 3 is 2.58 bits per heavy atom. The first-order chi connectivity index (χ1) is 12.4. The van der Waals surface area contributed by atoms with Gasteiger partial charge in [-0.25, -0.2) is 8.42 Å². The molecule has 0 radical (unpaired) electrons. The van der Waals surface area contributed by atoms with Gasteiger partial charge in [0.2, 0.25) is 5.91 Å². The molecule has 2 aromatic carbocycles. The number of fused-ring (bicyclic) bond motifs is 1. The maximum absolute atomic E-state index is 12.8. The predicted octanol–water partition coefficient (Wildman–Crippen LogP) is 3.00. The minimum absolute atomic E-state index is 0.00464. The summed E-state index contributed by atoms with van der Waals surface area (Å²) in [6, 6.07) is 13.1. The quantitative estimate of drug-likeness (QED) is 0.718. The van der Waals surface area contributed by atoms with Gasteiger partial charge in [-0.1, -0.05) is 18.2 Å². The zero-order chi connectivity index (χ0) is 18.7. The van der Waals surface area contributed by atoms with Gasteiger partial charge in [0.15, 0.2) is 0 Å². The second-order valence-electron chi connectivity index (χ2n) is 5.53. The highest BCUT2D eigenvalue weighted by molar-refractivity contribution is 7.92. The van der Waals surface area contributed by atoms with E-state index in [9.17, 15) is 13.2 Å². The molecule has 26 heavy (non-hydrogen) atoms. The van der Waals surface area contributed by atoms with Gasteiger partial charge in [0, 0.05) is 18.5 Å². The van der Waals surface area contributed by atoms with Gasteiger partial charge in [0.25, 0.3) is 10.0 Å². The van der Waals surface area contributed by atoms with Crippen molar-refractivity contribution in [2.24, 2.45) is 0 Å². The summed E-state index contributed by atoms with van der Waals surface area (Å²) in [4.78, 5) is 15.6. The van der Waals surface area contributed by atoms with E-state index in [0.717, 1.165) is 5.39 Å². The number of benzene rings is 2. The van der Waals surface area contributed by atoms with Crippen LogP contribution in [-0.2, 0) is 14.8 Å². The maximum atomic E-state index is 12.8. The number of aromatic nitrogens is 1. The van der Waals surface area contributed by atoms with Crippen molar-refractivity contribution < 1.29 is 17.9 Å². The zero-order valence-corrected chi connectivity index (χ0v) is 15.0. The van der Waals surface area contributed by atoms with Crippen molar-refractivity contribution in [3.63, 3.8) is 0 Å². The van der Waals surface area contributed by atoms with E-state index in [1.807, 2.05) is 12.1 Å². The van der Waals surface area contributed by atoms with Crippen LogP contribution in [-0.4, -0.2) is 26.4 Å². The Kier molecular flexibility index (Phi) is 4.77. The number of methoxy groups -OCH3 is 1. The molecule has 8 heteroatoms. The van der Waals surface area contributed by atoms with Crippen molar-refractivity contribution in [2.45, 2.75) is 11.8 Å². The largest absolute Gasteiger partial charge is 0.495 e. The summed E-state index contributed by atoms with van der Waals surface area (Å²) in [7, 11) is -2.45. The topological polar surface area (TPSA) is 97.4 Å². The van der Waals surface area contributed by atoms with Gasteiger partial charge in [-0.05, 0) is 30.3 Å². The molecular weight excluding hydrogens is 354 g/mol. The molecule has 0 unspecified atom stereocenters. The number of pyridine rings is 1. The number of carbonyl (C=O) groups is 1. The van der Waals surface area contributed by atoms with Crippen LogP contribution in [0.1, 0.15) is 6.92 Å². The van der Waals surface area contributed by atoms with Crippen LogP contribution < -0.4 is 14.8 Å². The summed E-state index contributed by atoms with van der Waals surface area (Å²) in [6.45, 7) is 1.33. The zero-order valence-electron chi connectivity index (χ0n) is 14.2. The Labute approximate surface area is 151 Å². The lowest BCUT2D eigenvalue weighted by molar-refractivity contribution is -0.114. The van der Waals surface area contributed by atoms with Crippen molar-refractivity contribution in [1.82, 2.24) is 4.98 Å². The molecule has 3 aromatic rings. The van der Waals surface area contributed by atoms with Gasteiger partial charge in [-0.2, -0.15) is 0 Å². The van der Waals surface area contributed by atoms with Crippen molar-refractivity contribution in [1.29, 1.82) is 0 Å². The number of amides is 1. The molecule has 0 saturated heterocycles. The lowest BCUT2D eigenvalue weighted by Gasteiger charge is -2.13. The van der Waals surface area contributed by atoms with E-state index in [-0.39, 0.29) is 16.5 Å². The van der Waals surface area contributed by atoms with Gasteiger partial charge in [0.05, 0.1) is 28.9 Å². The number of sulfonamides is 1. The summed E-state index contributed by atoms with van der Waals surface area (Å²) < 4.78 is 33.3. The standard InChI is InChI=1S/C18H17N3O4S/c1-12(22)20-16-11-14(8-9-17(16)25-2)26(23,24)21-15-7-3-5-13-6-4-10-19-18(13)15/h3-11,21H,1-2H3,(H,20,22). The summed E-state index contributed by atoms with van der Waals surface area (Å²) in [6.07, 6.45) is 1.60. The lowest BCUT2D eigenvalue weighted by atomic mass is 10.2. The highest BCUT2D eigenvalue weighted by Crippen LogP contribution is 2.29. The molecule has 0 atom stereocenters. The van der Waals surface area contributed by atoms with Gasteiger partial charge in [-0.3, -0.25) is 14.5 Å². The van der Waals surface area contributed by atoms with Crippen LogP contribution in [0.5, 0.6) is 5.75 Å². The monoisotopic (exact) mass is 371 g/mol. The van der Waals surface area contributed by atoms with Crippen molar-refractivity contribution in [3.05, 3.63) is 54.7 Å². The first kappa shape index (κ1) is 17.7. The third-order valence-electron chi connectivity index (χ3n) is 3.67. The fraction of sp³-hybridized carbons (Fsp3) is 0.111. The van der Waals surface area contributed by atoms with Crippen LogP contribution in [0.15, 0.2) is 59.6 Å². The second-order valence-corrected chi connectivity index (χ2v) is 7.21. The minimum Gasteiger partial charge on any atom is -0.495 e. The predicted molar refractivity (Wildman–Crippen MR) is 99.8 cm³/mol. The van der Waals surface area contributed by atoms with Crippen LogP contribution in [0.25, 0.3) is 10.9 Å². The third kappa shape index (κ3) is 3.60. The van der Waals surface area contributed by atoms with E-state index in [0.29, 0.717) is 17.0 Å². The third-order valence-corrected chi connectivity index (χ3v) is 5.03. The summed E-state index contributed by atoms with van der Waals surface area (Å²) in [5.74, 6) is 0.0371. The Hall–Kier alpha value is -3.13. The van der Waals surface area contributed by atoms with Gasteiger partial charge < -0.3 is 10.1 Å². The van der Waals surface area contributed by atoms with Crippen molar-refractivity contribution in [2.75, 3.05) is 17.1 Å². The molecule has 7 nitrogen and oxygen atoms in total. The molecule has 0 bridgehead atoms. The molecule has 0 spiro atoms. The van der Waals surface area contributed by atoms with Crippen molar-refractivity contribution >= 4 is 38.2 Å². The molecular formula is C18H17N3O4S. The highest BCUT2D eigenvalue weighted by Gasteiger charge is 2.18. The molecule has 0 aliphatic heterocycles. The van der Waals surface area contributed by atoms with E-state index < -0.39 is 10.0 Å². The Morgan fingerprint density at radius 1 is 1.08 bits per heavy atom. The smallest absolute Gasteiger partial charge is 0.262 e. The van der Waals surface area contributed by atoms with Gasteiger partial charge in [0.1, 0.15) is 5.75 Å². The number of hydrogen-bond donors (Lipinski definition) is 2. The second kappa shape index (κ2) is 7.01. The number of hydrogen-bond acceptors (Lipinski definition) is 5. The number of rotatable bonds is 5. The van der Waals surface area contributed by atoms with Crippen LogP contribution in [0.4, 0.5) is 11.4 Å². The molecule has 1 heterocycles. The molecule has 0 aliphatic rings. The Morgan fingerprint density at radius 2 is 1.85 bits per heavy atom. The molecule has 1 aromatic heterocycles. The molecule has 2 N–H and O–H groups in total. The average molecular weight is 371 g/mol. The van der Waals surface area contributed by atoms with Crippen LogP contribution >= 0.6 is 0 Å². The molecule has 134 valence electrons. The number of anilines is 2. The average Bonchev–Trinajstić information content (AvgIpc) is 2.61. The maximum Gasteiger partial charge on any atom is 0.262 e.